The number of carboxylic acids is 1. The molecular formula is C25H21N3O4S2. The van der Waals surface area contributed by atoms with Gasteiger partial charge in [0.2, 0.25) is 5.89 Å². The highest BCUT2D eigenvalue weighted by Crippen LogP contribution is 2.49. The number of aromatic nitrogens is 3. The van der Waals surface area contributed by atoms with Gasteiger partial charge < -0.3 is 9.52 Å². The quantitative estimate of drug-likeness (QED) is 0.366. The first-order chi connectivity index (χ1) is 16.6. The second-order valence-electron chi connectivity index (χ2n) is 8.60. The molecule has 1 unspecified atom stereocenters. The van der Waals surface area contributed by atoms with E-state index >= 15 is 0 Å². The largest absolute Gasteiger partial charge is 0.480 e. The van der Waals surface area contributed by atoms with Crippen LogP contribution in [0.5, 0.6) is 0 Å². The summed E-state index contributed by atoms with van der Waals surface area (Å²) in [6, 6.07) is 15.2. The van der Waals surface area contributed by atoms with E-state index < -0.39 is 12.0 Å². The van der Waals surface area contributed by atoms with Gasteiger partial charge in [0.25, 0.3) is 10.8 Å². The molecule has 6 rings (SSSR count). The molecule has 7 nitrogen and oxygen atoms in total. The van der Waals surface area contributed by atoms with Crippen LogP contribution in [-0.4, -0.2) is 31.6 Å². The summed E-state index contributed by atoms with van der Waals surface area (Å²) in [5, 5.41) is 21.6. The average molecular weight is 492 g/mol. The normalized spacial score (nSPS) is 17.2. The zero-order chi connectivity index (χ0) is 23.2. The molecule has 0 spiro atoms. The fourth-order valence-corrected chi connectivity index (χ4v) is 6.75. The number of thioether (sulfide) groups is 2. The van der Waals surface area contributed by atoms with Gasteiger partial charge in [-0.3, -0.25) is 9.36 Å². The third-order valence-corrected chi connectivity index (χ3v) is 8.35. The smallest absolute Gasteiger partial charge is 0.327 e. The van der Waals surface area contributed by atoms with Gasteiger partial charge in [-0.2, -0.15) is 0 Å². The number of carboxylic acid groups (broad SMARTS) is 1. The molecule has 2 aromatic carbocycles. The topological polar surface area (TPSA) is 98.2 Å². The first-order valence-electron chi connectivity index (χ1n) is 11.1. The van der Waals surface area contributed by atoms with Gasteiger partial charge in [-0.15, -0.1) is 22.0 Å². The second kappa shape index (κ2) is 8.63. The molecule has 0 amide bonds. The Bertz CT molecular complexity index is 1470. The van der Waals surface area contributed by atoms with E-state index in [2.05, 4.69) is 34.5 Å². The Kier molecular flexibility index (Phi) is 5.45. The third-order valence-electron chi connectivity index (χ3n) is 6.31. The molecular weight excluding hydrogens is 470 g/mol. The van der Waals surface area contributed by atoms with Crippen molar-refractivity contribution < 1.29 is 14.3 Å². The zero-order valence-corrected chi connectivity index (χ0v) is 19.8. The number of hydrogen-bond acceptors (Lipinski definition) is 7. The van der Waals surface area contributed by atoms with Crippen molar-refractivity contribution in [2.45, 2.75) is 47.2 Å². The van der Waals surface area contributed by atoms with Gasteiger partial charge >= 0.3 is 5.97 Å². The predicted molar refractivity (Wildman–Crippen MR) is 131 cm³/mol. The second-order valence-corrected chi connectivity index (χ2v) is 10.5. The minimum Gasteiger partial charge on any atom is -0.480 e. The van der Waals surface area contributed by atoms with Gasteiger partial charge in [-0.05, 0) is 46.2 Å². The van der Waals surface area contributed by atoms with Gasteiger partial charge in [-0.25, -0.2) is 4.79 Å². The van der Waals surface area contributed by atoms with Crippen LogP contribution in [0.25, 0.3) is 10.8 Å². The van der Waals surface area contributed by atoms with Crippen LogP contribution in [0.1, 0.15) is 47.4 Å². The van der Waals surface area contributed by atoms with Crippen molar-refractivity contribution in [3.63, 3.8) is 0 Å². The molecule has 172 valence electrons. The number of fused-ring (bicyclic) bond motifs is 2. The Labute approximate surface area is 203 Å². The minimum absolute atomic E-state index is 0.255. The number of rotatable bonds is 7. The number of hydrogen-bond donors (Lipinski definition) is 1. The van der Waals surface area contributed by atoms with Gasteiger partial charge in [-0.1, -0.05) is 54.2 Å². The molecule has 2 aliphatic rings. The molecule has 1 fully saturated rings. The Hall–Kier alpha value is -3.04. The van der Waals surface area contributed by atoms with Crippen molar-refractivity contribution in [2.24, 2.45) is 0 Å². The van der Waals surface area contributed by atoms with Crippen LogP contribution in [0.2, 0.25) is 0 Å². The molecule has 4 aromatic rings. The molecule has 2 aromatic heterocycles. The van der Waals surface area contributed by atoms with Crippen LogP contribution in [0, 0.1) is 0 Å². The number of pyridine rings is 1. The van der Waals surface area contributed by atoms with Crippen LogP contribution >= 0.6 is 23.5 Å². The Morgan fingerprint density at radius 3 is 2.79 bits per heavy atom. The molecule has 1 aliphatic heterocycles. The Morgan fingerprint density at radius 2 is 1.97 bits per heavy atom. The highest BCUT2D eigenvalue weighted by Gasteiger charge is 2.37. The molecule has 1 N–H and O–H groups in total. The van der Waals surface area contributed by atoms with E-state index in [4.69, 9.17) is 4.42 Å². The SMILES string of the molecule is O=C(O)C1CSc2c(C3CC3)c(CSc3nnc(Cc4cccc5ccccc45)o3)cc(=O)n21. The lowest BCUT2D eigenvalue weighted by Crippen LogP contribution is -2.29. The fourth-order valence-electron chi connectivity index (χ4n) is 4.57. The van der Waals surface area contributed by atoms with Crippen LogP contribution in [0.15, 0.2) is 68.0 Å². The Morgan fingerprint density at radius 1 is 1.15 bits per heavy atom. The molecule has 34 heavy (non-hydrogen) atoms. The van der Waals surface area contributed by atoms with E-state index in [9.17, 15) is 14.7 Å². The first kappa shape index (κ1) is 21.5. The summed E-state index contributed by atoms with van der Waals surface area (Å²) in [4.78, 5) is 24.4. The molecule has 1 aliphatic carbocycles. The number of aliphatic carboxylic acids is 1. The molecule has 3 heterocycles. The lowest BCUT2D eigenvalue weighted by Gasteiger charge is -2.15. The standard InChI is InChI=1S/C25H21N3O4S2/c29-21-11-17(22(15-8-9-15)23-28(21)19(13-33-23)24(30)31)12-34-25-27-26-20(32-25)10-16-6-3-5-14-4-1-2-7-18(14)16/h1-7,11,15,19H,8-10,12-13H2,(H,30,31). The summed E-state index contributed by atoms with van der Waals surface area (Å²) in [6.45, 7) is 0. The van der Waals surface area contributed by atoms with Crippen molar-refractivity contribution in [3.05, 3.63) is 81.5 Å². The summed E-state index contributed by atoms with van der Waals surface area (Å²) in [5.41, 5.74) is 2.94. The first-order valence-corrected chi connectivity index (χ1v) is 13.1. The molecule has 1 saturated carbocycles. The van der Waals surface area contributed by atoms with Gasteiger partial charge in [0.05, 0.1) is 11.4 Å². The maximum absolute atomic E-state index is 12.8. The van der Waals surface area contributed by atoms with Crippen molar-refractivity contribution in [3.8, 4) is 0 Å². The molecule has 1 atom stereocenters. The van der Waals surface area contributed by atoms with Gasteiger partial charge in [0.1, 0.15) is 6.04 Å². The van der Waals surface area contributed by atoms with Crippen molar-refractivity contribution in [1.29, 1.82) is 0 Å². The lowest BCUT2D eigenvalue weighted by atomic mass is 10.0. The van der Waals surface area contributed by atoms with E-state index in [1.54, 1.807) is 6.07 Å². The summed E-state index contributed by atoms with van der Waals surface area (Å²) in [7, 11) is 0. The lowest BCUT2D eigenvalue weighted by molar-refractivity contribution is -0.140. The monoisotopic (exact) mass is 491 g/mol. The van der Waals surface area contributed by atoms with Crippen molar-refractivity contribution in [1.82, 2.24) is 14.8 Å². The van der Waals surface area contributed by atoms with E-state index in [0.717, 1.165) is 34.6 Å². The zero-order valence-electron chi connectivity index (χ0n) is 18.1. The van der Waals surface area contributed by atoms with Gasteiger partial charge in [0.15, 0.2) is 0 Å². The number of nitrogens with zero attached hydrogens (tertiary/aromatic N) is 3. The van der Waals surface area contributed by atoms with Crippen LogP contribution in [0.4, 0.5) is 0 Å². The maximum Gasteiger partial charge on any atom is 0.327 e. The highest BCUT2D eigenvalue weighted by atomic mass is 32.2. The maximum atomic E-state index is 12.8. The summed E-state index contributed by atoms with van der Waals surface area (Å²) >= 11 is 2.89. The van der Waals surface area contributed by atoms with E-state index in [0.29, 0.717) is 35.0 Å². The van der Waals surface area contributed by atoms with Crippen LogP contribution in [-0.2, 0) is 17.0 Å². The Balaban J connectivity index is 1.23. The summed E-state index contributed by atoms with van der Waals surface area (Å²) in [6.07, 6.45) is 2.68. The molecule has 0 bridgehead atoms. The number of carbonyl (C=O) groups is 1. The minimum atomic E-state index is -0.957. The summed E-state index contributed by atoms with van der Waals surface area (Å²) in [5.74, 6) is 0.907. The van der Waals surface area contributed by atoms with Gasteiger partial charge in [0, 0.05) is 17.6 Å². The van der Waals surface area contributed by atoms with E-state index in [-0.39, 0.29) is 5.56 Å². The van der Waals surface area contributed by atoms with E-state index in [1.165, 1.54) is 38.9 Å². The summed E-state index contributed by atoms with van der Waals surface area (Å²) < 4.78 is 7.38. The molecule has 0 radical (unpaired) electrons. The molecule has 9 heteroatoms. The van der Waals surface area contributed by atoms with Crippen molar-refractivity contribution in [2.75, 3.05) is 5.75 Å². The van der Waals surface area contributed by atoms with Crippen LogP contribution < -0.4 is 5.56 Å². The molecule has 0 saturated heterocycles. The highest BCUT2D eigenvalue weighted by molar-refractivity contribution is 7.99. The number of benzene rings is 2. The predicted octanol–water partition coefficient (Wildman–Crippen LogP) is 4.88. The van der Waals surface area contributed by atoms with E-state index in [1.807, 2.05) is 18.2 Å². The average Bonchev–Trinajstić information content (AvgIpc) is 3.39. The third kappa shape index (κ3) is 3.92. The van der Waals surface area contributed by atoms with Crippen LogP contribution in [0.3, 0.4) is 0 Å². The fraction of sp³-hybridized carbons (Fsp3) is 0.280. The van der Waals surface area contributed by atoms with Crippen molar-refractivity contribution >= 4 is 40.3 Å².